The smallest absolute Gasteiger partial charge is 0.244 e. The van der Waals surface area contributed by atoms with Crippen molar-refractivity contribution in [1.82, 2.24) is 4.90 Å². The molecule has 0 spiro atoms. The van der Waals surface area contributed by atoms with Gasteiger partial charge in [0.1, 0.15) is 6.04 Å². The molecule has 22 heavy (non-hydrogen) atoms. The first-order chi connectivity index (χ1) is 10.5. The lowest BCUT2D eigenvalue weighted by Gasteiger charge is -2.23. The molecule has 0 aliphatic rings. The van der Waals surface area contributed by atoms with Crippen molar-refractivity contribution in [3.05, 3.63) is 64.1 Å². The van der Waals surface area contributed by atoms with Gasteiger partial charge in [-0.05, 0) is 30.7 Å². The fourth-order valence-corrected chi connectivity index (χ4v) is 2.46. The van der Waals surface area contributed by atoms with E-state index in [1.54, 1.807) is 30.1 Å². The van der Waals surface area contributed by atoms with E-state index >= 15 is 0 Å². The van der Waals surface area contributed by atoms with Gasteiger partial charge in [-0.3, -0.25) is 4.79 Å². The third-order valence-corrected chi connectivity index (χ3v) is 4.05. The molecule has 0 saturated carbocycles. The molecule has 0 aliphatic heterocycles. The van der Waals surface area contributed by atoms with Crippen molar-refractivity contribution in [3.63, 3.8) is 0 Å². The predicted molar refractivity (Wildman–Crippen MR) is 92.5 cm³/mol. The average molecular weight is 337 g/mol. The minimum absolute atomic E-state index is 0.00919. The molecule has 2 aromatic carbocycles. The standard InChI is InChI=1S/C17H18Cl2N2O/c1-12(20-14-8-9-15(18)16(19)10-14)17(22)21(2)11-13-6-4-3-5-7-13/h3-10,12,20H,11H2,1-2H3/t12-/m0/s1. The van der Waals surface area contributed by atoms with Crippen molar-refractivity contribution in [2.75, 3.05) is 12.4 Å². The number of nitrogens with one attached hydrogen (secondary N) is 1. The quantitative estimate of drug-likeness (QED) is 0.874. The minimum atomic E-state index is -0.356. The second-order valence-electron chi connectivity index (χ2n) is 5.17. The molecule has 3 nitrogen and oxygen atoms in total. The van der Waals surface area contributed by atoms with Crippen LogP contribution in [0.25, 0.3) is 0 Å². The van der Waals surface area contributed by atoms with Gasteiger partial charge in [0, 0.05) is 19.3 Å². The molecule has 0 saturated heterocycles. The topological polar surface area (TPSA) is 32.3 Å². The third-order valence-electron chi connectivity index (χ3n) is 3.31. The lowest BCUT2D eigenvalue weighted by molar-refractivity contribution is -0.130. The van der Waals surface area contributed by atoms with Gasteiger partial charge in [-0.1, -0.05) is 53.5 Å². The summed E-state index contributed by atoms with van der Waals surface area (Å²) in [5.74, 6) is 0.00919. The normalized spacial score (nSPS) is 11.8. The lowest BCUT2D eigenvalue weighted by atomic mass is 10.2. The Hall–Kier alpha value is -1.71. The number of carbonyl (C=O) groups is 1. The van der Waals surface area contributed by atoms with Crippen LogP contribution in [0.5, 0.6) is 0 Å². The summed E-state index contributed by atoms with van der Waals surface area (Å²) in [6.07, 6.45) is 0. The Kier molecular flexibility index (Phi) is 5.69. The molecule has 2 aromatic rings. The number of carbonyl (C=O) groups excluding carboxylic acids is 1. The van der Waals surface area contributed by atoms with E-state index in [1.807, 2.05) is 37.3 Å². The second kappa shape index (κ2) is 7.52. The van der Waals surface area contributed by atoms with Crippen LogP contribution in [0.2, 0.25) is 10.0 Å². The zero-order valence-corrected chi connectivity index (χ0v) is 14.0. The summed E-state index contributed by atoms with van der Waals surface area (Å²) >= 11 is 11.9. The Morgan fingerprint density at radius 3 is 2.45 bits per heavy atom. The number of amides is 1. The highest BCUT2D eigenvalue weighted by atomic mass is 35.5. The van der Waals surface area contributed by atoms with Crippen LogP contribution in [-0.4, -0.2) is 23.9 Å². The highest BCUT2D eigenvalue weighted by Gasteiger charge is 2.17. The number of benzene rings is 2. The van der Waals surface area contributed by atoms with Crippen LogP contribution in [0, 0.1) is 0 Å². The Bertz CT molecular complexity index is 646. The molecule has 0 fully saturated rings. The molecule has 5 heteroatoms. The predicted octanol–water partition coefficient (Wildman–Crippen LogP) is 4.45. The highest BCUT2D eigenvalue weighted by molar-refractivity contribution is 6.42. The molecule has 2 rings (SSSR count). The number of rotatable bonds is 5. The summed E-state index contributed by atoms with van der Waals surface area (Å²) in [7, 11) is 1.79. The molecule has 1 amide bonds. The maximum Gasteiger partial charge on any atom is 0.244 e. The zero-order valence-electron chi connectivity index (χ0n) is 12.5. The second-order valence-corrected chi connectivity index (χ2v) is 5.99. The Morgan fingerprint density at radius 1 is 1.14 bits per heavy atom. The SMILES string of the molecule is C[C@H](Nc1ccc(Cl)c(Cl)c1)C(=O)N(C)Cc1ccccc1. The van der Waals surface area contributed by atoms with Crippen molar-refractivity contribution in [3.8, 4) is 0 Å². The first kappa shape index (κ1) is 16.7. The van der Waals surface area contributed by atoms with Crippen LogP contribution in [0.3, 0.4) is 0 Å². The summed E-state index contributed by atoms with van der Waals surface area (Å²) in [6.45, 7) is 2.40. The minimum Gasteiger partial charge on any atom is -0.374 e. The van der Waals surface area contributed by atoms with Gasteiger partial charge < -0.3 is 10.2 Å². The van der Waals surface area contributed by atoms with E-state index in [4.69, 9.17) is 23.2 Å². The van der Waals surface area contributed by atoms with Crippen molar-refractivity contribution >= 4 is 34.8 Å². The first-order valence-corrected chi connectivity index (χ1v) is 7.73. The summed E-state index contributed by atoms with van der Waals surface area (Å²) < 4.78 is 0. The van der Waals surface area contributed by atoms with Gasteiger partial charge in [-0.2, -0.15) is 0 Å². The van der Waals surface area contributed by atoms with Gasteiger partial charge in [0.25, 0.3) is 0 Å². The van der Waals surface area contributed by atoms with Gasteiger partial charge in [0.05, 0.1) is 10.0 Å². The summed E-state index contributed by atoms with van der Waals surface area (Å²) in [5.41, 5.74) is 1.86. The summed E-state index contributed by atoms with van der Waals surface area (Å²) in [5, 5.41) is 4.10. The first-order valence-electron chi connectivity index (χ1n) is 6.98. The molecule has 0 bridgehead atoms. The van der Waals surface area contributed by atoms with Crippen molar-refractivity contribution in [2.24, 2.45) is 0 Å². The van der Waals surface area contributed by atoms with E-state index in [2.05, 4.69) is 5.32 Å². The molecule has 0 aliphatic carbocycles. The molecule has 0 aromatic heterocycles. The molecule has 0 unspecified atom stereocenters. The summed E-state index contributed by atoms with van der Waals surface area (Å²) in [4.78, 5) is 14.1. The Morgan fingerprint density at radius 2 is 1.82 bits per heavy atom. The van der Waals surface area contributed by atoms with Crippen molar-refractivity contribution < 1.29 is 4.79 Å². The Balaban J connectivity index is 1.97. The fourth-order valence-electron chi connectivity index (χ4n) is 2.16. The van der Waals surface area contributed by atoms with Gasteiger partial charge in [0.15, 0.2) is 0 Å². The van der Waals surface area contributed by atoms with Gasteiger partial charge in [-0.25, -0.2) is 0 Å². The zero-order chi connectivity index (χ0) is 16.1. The molecule has 0 heterocycles. The van der Waals surface area contributed by atoms with Crippen LogP contribution >= 0.6 is 23.2 Å². The largest absolute Gasteiger partial charge is 0.374 e. The van der Waals surface area contributed by atoms with Crippen LogP contribution in [-0.2, 0) is 11.3 Å². The van der Waals surface area contributed by atoms with Crippen molar-refractivity contribution in [2.45, 2.75) is 19.5 Å². The van der Waals surface area contributed by atoms with Gasteiger partial charge >= 0.3 is 0 Å². The average Bonchev–Trinajstić information content (AvgIpc) is 2.51. The number of anilines is 1. The van der Waals surface area contributed by atoms with Crippen LogP contribution in [0.1, 0.15) is 12.5 Å². The van der Waals surface area contributed by atoms with E-state index < -0.39 is 0 Å². The number of nitrogens with zero attached hydrogens (tertiary/aromatic N) is 1. The molecule has 1 atom stereocenters. The van der Waals surface area contributed by atoms with E-state index in [-0.39, 0.29) is 11.9 Å². The van der Waals surface area contributed by atoms with Gasteiger partial charge in [0.2, 0.25) is 5.91 Å². The van der Waals surface area contributed by atoms with E-state index in [0.717, 1.165) is 11.3 Å². The molecule has 1 N–H and O–H groups in total. The van der Waals surface area contributed by atoms with E-state index in [1.165, 1.54) is 0 Å². The van der Waals surface area contributed by atoms with E-state index in [0.29, 0.717) is 16.6 Å². The van der Waals surface area contributed by atoms with E-state index in [9.17, 15) is 4.79 Å². The number of hydrogen-bond donors (Lipinski definition) is 1. The van der Waals surface area contributed by atoms with Crippen LogP contribution in [0.4, 0.5) is 5.69 Å². The Labute approximate surface area is 140 Å². The van der Waals surface area contributed by atoms with Crippen LogP contribution in [0.15, 0.2) is 48.5 Å². The third kappa shape index (κ3) is 4.39. The maximum absolute atomic E-state index is 12.4. The highest BCUT2D eigenvalue weighted by Crippen LogP contribution is 2.25. The van der Waals surface area contributed by atoms with Gasteiger partial charge in [-0.15, -0.1) is 0 Å². The van der Waals surface area contributed by atoms with Crippen LogP contribution < -0.4 is 5.32 Å². The molecule has 116 valence electrons. The fraction of sp³-hybridized carbons (Fsp3) is 0.235. The summed E-state index contributed by atoms with van der Waals surface area (Å²) in [6, 6.07) is 14.8. The molecular formula is C17H18Cl2N2O. The number of likely N-dealkylation sites (N-methyl/N-ethyl adjacent to an activating group) is 1. The number of hydrogen-bond acceptors (Lipinski definition) is 2. The number of halogens is 2. The lowest BCUT2D eigenvalue weighted by Crippen LogP contribution is -2.38. The monoisotopic (exact) mass is 336 g/mol. The molecular weight excluding hydrogens is 319 g/mol. The van der Waals surface area contributed by atoms with Crippen molar-refractivity contribution in [1.29, 1.82) is 0 Å². The molecule has 0 radical (unpaired) electrons. The maximum atomic E-state index is 12.4.